The summed E-state index contributed by atoms with van der Waals surface area (Å²) in [5, 5.41) is 0. The van der Waals surface area contributed by atoms with Crippen LogP contribution in [0.25, 0.3) is 0 Å². The van der Waals surface area contributed by atoms with Crippen molar-refractivity contribution in [3.8, 4) is 0 Å². The highest BCUT2D eigenvalue weighted by Gasteiger charge is 2.26. The van der Waals surface area contributed by atoms with Crippen LogP contribution >= 0.6 is 0 Å². The highest BCUT2D eigenvalue weighted by molar-refractivity contribution is 5.30. The van der Waals surface area contributed by atoms with Crippen molar-refractivity contribution in [2.45, 2.75) is 40.0 Å². The van der Waals surface area contributed by atoms with Gasteiger partial charge in [0.2, 0.25) is 0 Å². The van der Waals surface area contributed by atoms with Crippen molar-refractivity contribution >= 4 is 0 Å². The predicted molar refractivity (Wildman–Crippen MR) is 67.0 cm³/mol. The Morgan fingerprint density at radius 1 is 1.20 bits per heavy atom. The Bertz CT molecular complexity index is 309. The van der Waals surface area contributed by atoms with Crippen LogP contribution in [0.4, 0.5) is 0 Å². The molecule has 1 heteroatoms. The smallest absolute Gasteiger partial charge is 0.00712 e. The first-order chi connectivity index (χ1) is 6.96. The fraction of sp³-hybridized carbons (Fsp3) is 0.571. The third-order valence-corrected chi connectivity index (χ3v) is 3.06. The molecule has 15 heavy (non-hydrogen) atoms. The van der Waals surface area contributed by atoms with Gasteiger partial charge in [0, 0.05) is 0 Å². The van der Waals surface area contributed by atoms with Crippen LogP contribution in [0.1, 0.15) is 44.2 Å². The number of hydrogen-bond acceptors (Lipinski definition) is 1. The summed E-state index contributed by atoms with van der Waals surface area (Å²) in [5.74, 6) is 0.559. The Morgan fingerprint density at radius 3 is 2.27 bits per heavy atom. The fourth-order valence-electron chi connectivity index (χ4n) is 2.20. The van der Waals surface area contributed by atoms with Crippen molar-refractivity contribution in [1.82, 2.24) is 0 Å². The average Bonchev–Trinajstić information content (AvgIpc) is 2.14. The van der Waals surface area contributed by atoms with E-state index in [9.17, 15) is 0 Å². The van der Waals surface area contributed by atoms with Gasteiger partial charge in [-0.15, -0.1) is 0 Å². The second kappa shape index (κ2) is 4.80. The van der Waals surface area contributed by atoms with Gasteiger partial charge in [0.1, 0.15) is 0 Å². The van der Waals surface area contributed by atoms with Crippen LogP contribution in [-0.2, 0) is 0 Å². The van der Waals surface area contributed by atoms with Gasteiger partial charge in [0.25, 0.3) is 0 Å². The molecular formula is C14H23N. The molecule has 0 radical (unpaired) electrons. The van der Waals surface area contributed by atoms with Crippen LogP contribution in [0.5, 0.6) is 0 Å². The summed E-state index contributed by atoms with van der Waals surface area (Å²) < 4.78 is 0. The first kappa shape index (κ1) is 12.3. The minimum Gasteiger partial charge on any atom is -0.330 e. The lowest BCUT2D eigenvalue weighted by atomic mass is 9.73. The molecule has 84 valence electrons. The van der Waals surface area contributed by atoms with E-state index in [2.05, 4.69) is 52.0 Å². The molecule has 0 heterocycles. The maximum absolute atomic E-state index is 5.71. The molecule has 0 fully saturated rings. The molecule has 0 aliphatic heterocycles. The van der Waals surface area contributed by atoms with Gasteiger partial charge < -0.3 is 5.73 Å². The zero-order chi connectivity index (χ0) is 11.5. The van der Waals surface area contributed by atoms with Crippen LogP contribution in [-0.4, -0.2) is 6.54 Å². The van der Waals surface area contributed by atoms with E-state index in [1.807, 2.05) is 0 Å². The van der Waals surface area contributed by atoms with Gasteiger partial charge in [-0.3, -0.25) is 0 Å². The van der Waals surface area contributed by atoms with Crippen molar-refractivity contribution in [3.63, 3.8) is 0 Å². The van der Waals surface area contributed by atoms with E-state index in [0.29, 0.717) is 5.92 Å². The number of rotatable bonds is 3. The summed E-state index contributed by atoms with van der Waals surface area (Å²) in [4.78, 5) is 0. The molecule has 0 aromatic heterocycles. The number of nitrogens with two attached hydrogens (primary N) is 1. The quantitative estimate of drug-likeness (QED) is 0.803. The van der Waals surface area contributed by atoms with Crippen LogP contribution in [0.15, 0.2) is 24.3 Å². The van der Waals surface area contributed by atoms with Gasteiger partial charge in [-0.25, -0.2) is 0 Å². The van der Waals surface area contributed by atoms with Gasteiger partial charge in [-0.05, 0) is 42.3 Å². The summed E-state index contributed by atoms with van der Waals surface area (Å²) in [5.41, 5.74) is 8.83. The molecule has 0 amide bonds. The number of aryl methyl sites for hydroxylation is 1. The Kier molecular flexibility index (Phi) is 3.92. The van der Waals surface area contributed by atoms with E-state index in [1.54, 1.807) is 0 Å². The van der Waals surface area contributed by atoms with Crippen molar-refractivity contribution in [2.24, 2.45) is 11.1 Å². The number of hydrogen-bond donors (Lipinski definition) is 1. The molecule has 2 N–H and O–H groups in total. The predicted octanol–water partition coefficient (Wildman–Crippen LogP) is 3.47. The summed E-state index contributed by atoms with van der Waals surface area (Å²) in [6.45, 7) is 9.82. The highest BCUT2D eigenvalue weighted by atomic mass is 14.5. The first-order valence-electron chi connectivity index (χ1n) is 5.72. The van der Waals surface area contributed by atoms with E-state index in [-0.39, 0.29) is 5.41 Å². The highest BCUT2D eigenvalue weighted by Crippen LogP contribution is 2.38. The largest absolute Gasteiger partial charge is 0.330 e. The maximum atomic E-state index is 5.71. The van der Waals surface area contributed by atoms with E-state index >= 15 is 0 Å². The van der Waals surface area contributed by atoms with Crippen molar-refractivity contribution in [2.75, 3.05) is 6.54 Å². The second-order valence-corrected chi connectivity index (χ2v) is 5.35. The standard InChI is InChI=1S/C14H23N/c1-11-7-5-6-8-12(11)13(9-10-15)14(2,3)4/h5-8,13H,9-10,15H2,1-4H3. The molecule has 1 nitrogen and oxygen atoms in total. The molecule has 1 atom stereocenters. The van der Waals surface area contributed by atoms with Crippen molar-refractivity contribution in [1.29, 1.82) is 0 Å². The summed E-state index contributed by atoms with van der Waals surface area (Å²) in [6.07, 6.45) is 1.06. The van der Waals surface area contributed by atoms with Crippen LogP contribution in [0.3, 0.4) is 0 Å². The van der Waals surface area contributed by atoms with Crippen LogP contribution in [0.2, 0.25) is 0 Å². The third-order valence-electron chi connectivity index (χ3n) is 3.06. The van der Waals surface area contributed by atoms with Gasteiger partial charge in [0.05, 0.1) is 0 Å². The molecule has 0 bridgehead atoms. The minimum atomic E-state index is 0.283. The molecule has 0 saturated carbocycles. The third kappa shape index (κ3) is 3.07. The molecule has 1 aromatic rings. The Morgan fingerprint density at radius 2 is 1.80 bits per heavy atom. The maximum Gasteiger partial charge on any atom is -0.00712 e. The van der Waals surface area contributed by atoms with Crippen LogP contribution < -0.4 is 5.73 Å². The van der Waals surface area contributed by atoms with Crippen LogP contribution in [0, 0.1) is 12.3 Å². The van der Waals surface area contributed by atoms with Gasteiger partial charge in [-0.1, -0.05) is 45.0 Å². The van der Waals surface area contributed by atoms with Crippen molar-refractivity contribution in [3.05, 3.63) is 35.4 Å². The Balaban J connectivity index is 3.05. The van der Waals surface area contributed by atoms with E-state index < -0.39 is 0 Å². The van der Waals surface area contributed by atoms with Gasteiger partial charge >= 0.3 is 0 Å². The Labute approximate surface area is 93.7 Å². The van der Waals surface area contributed by atoms with E-state index in [4.69, 9.17) is 5.73 Å². The lowest BCUT2D eigenvalue weighted by Gasteiger charge is -2.32. The lowest BCUT2D eigenvalue weighted by Crippen LogP contribution is -2.22. The minimum absolute atomic E-state index is 0.283. The zero-order valence-corrected chi connectivity index (χ0v) is 10.4. The topological polar surface area (TPSA) is 26.0 Å². The molecule has 1 aromatic carbocycles. The number of benzene rings is 1. The lowest BCUT2D eigenvalue weighted by molar-refractivity contribution is 0.307. The van der Waals surface area contributed by atoms with E-state index in [1.165, 1.54) is 11.1 Å². The molecule has 0 saturated heterocycles. The van der Waals surface area contributed by atoms with Crippen molar-refractivity contribution < 1.29 is 0 Å². The average molecular weight is 205 g/mol. The molecule has 0 aliphatic carbocycles. The monoisotopic (exact) mass is 205 g/mol. The zero-order valence-electron chi connectivity index (χ0n) is 10.4. The molecule has 1 unspecified atom stereocenters. The second-order valence-electron chi connectivity index (χ2n) is 5.35. The molecular weight excluding hydrogens is 182 g/mol. The molecule has 0 spiro atoms. The SMILES string of the molecule is Cc1ccccc1C(CCN)C(C)(C)C. The van der Waals surface area contributed by atoms with Gasteiger partial charge in [-0.2, -0.15) is 0 Å². The van der Waals surface area contributed by atoms with E-state index in [0.717, 1.165) is 13.0 Å². The normalized spacial score (nSPS) is 13.9. The molecule has 0 aliphatic rings. The van der Waals surface area contributed by atoms with Gasteiger partial charge in [0.15, 0.2) is 0 Å². The fourth-order valence-corrected chi connectivity index (χ4v) is 2.20. The summed E-state index contributed by atoms with van der Waals surface area (Å²) >= 11 is 0. The Hall–Kier alpha value is -0.820. The first-order valence-corrected chi connectivity index (χ1v) is 5.72. The summed E-state index contributed by atoms with van der Waals surface area (Å²) in [6, 6.07) is 8.64. The summed E-state index contributed by atoms with van der Waals surface area (Å²) in [7, 11) is 0. The molecule has 1 rings (SSSR count).